The standard InChI is InChI=1S/C15H14BrN3O2/c1-20-14-6-11(18)13(7-15(14)21-2)19-12-4-3-10(16)5-9(12)8-17/h3-7,19H,18H2,1-2H3. The topological polar surface area (TPSA) is 80.3 Å². The minimum absolute atomic E-state index is 0.499. The van der Waals surface area contributed by atoms with Gasteiger partial charge in [0.2, 0.25) is 0 Å². The zero-order valence-corrected chi connectivity index (χ0v) is 13.2. The summed E-state index contributed by atoms with van der Waals surface area (Å²) in [7, 11) is 3.10. The van der Waals surface area contributed by atoms with Crippen LogP contribution in [0, 0.1) is 11.3 Å². The molecule has 2 rings (SSSR count). The van der Waals surface area contributed by atoms with E-state index < -0.39 is 0 Å². The largest absolute Gasteiger partial charge is 0.493 e. The molecule has 0 atom stereocenters. The molecule has 0 amide bonds. The third kappa shape index (κ3) is 3.20. The normalized spacial score (nSPS) is 9.81. The van der Waals surface area contributed by atoms with Crippen molar-refractivity contribution in [3.05, 3.63) is 40.4 Å². The van der Waals surface area contributed by atoms with Gasteiger partial charge in [0.1, 0.15) is 6.07 Å². The molecule has 0 aliphatic carbocycles. The van der Waals surface area contributed by atoms with Crippen molar-refractivity contribution >= 4 is 33.0 Å². The molecule has 2 aromatic carbocycles. The highest BCUT2D eigenvalue weighted by molar-refractivity contribution is 9.10. The van der Waals surface area contributed by atoms with Crippen molar-refractivity contribution in [3.63, 3.8) is 0 Å². The van der Waals surface area contributed by atoms with Crippen molar-refractivity contribution < 1.29 is 9.47 Å². The summed E-state index contributed by atoms with van der Waals surface area (Å²) in [5, 5.41) is 12.3. The Labute approximate surface area is 131 Å². The number of anilines is 3. The first-order chi connectivity index (χ1) is 10.1. The lowest BCUT2D eigenvalue weighted by Crippen LogP contribution is -2.00. The van der Waals surface area contributed by atoms with E-state index in [4.69, 9.17) is 15.2 Å². The molecule has 108 valence electrons. The number of hydrogen-bond acceptors (Lipinski definition) is 5. The first-order valence-electron chi connectivity index (χ1n) is 6.07. The van der Waals surface area contributed by atoms with Crippen LogP contribution in [0.1, 0.15) is 5.56 Å². The number of methoxy groups -OCH3 is 2. The highest BCUT2D eigenvalue weighted by Crippen LogP contribution is 2.36. The number of ether oxygens (including phenoxy) is 2. The van der Waals surface area contributed by atoms with Crippen LogP contribution in [0.2, 0.25) is 0 Å². The summed E-state index contributed by atoms with van der Waals surface area (Å²) < 4.78 is 11.3. The van der Waals surface area contributed by atoms with Crippen molar-refractivity contribution in [2.45, 2.75) is 0 Å². The SMILES string of the molecule is COc1cc(N)c(Nc2ccc(Br)cc2C#N)cc1OC. The second-order valence-corrected chi connectivity index (χ2v) is 5.14. The molecule has 0 fully saturated rings. The summed E-state index contributed by atoms with van der Waals surface area (Å²) in [5.41, 5.74) is 8.32. The maximum atomic E-state index is 9.19. The predicted octanol–water partition coefficient (Wildman–Crippen LogP) is 3.66. The highest BCUT2D eigenvalue weighted by atomic mass is 79.9. The average molecular weight is 348 g/mol. The zero-order valence-electron chi connectivity index (χ0n) is 11.6. The van der Waals surface area contributed by atoms with Gasteiger partial charge < -0.3 is 20.5 Å². The van der Waals surface area contributed by atoms with Crippen molar-refractivity contribution in [1.29, 1.82) is 5.26 Å². The number of rotatable bonds is 4. The number of nitrogen functional groups attached to an aromatic ring is 1. The Balaban J connectivity index is 2.43. The molecule has 0 saturated carbocycles. The van der Waals surface area contributed by atoms with Gasteiger partial charge in [0, 0.05) is 16.6 Å². The van der Waals surface area contributed by atoms with Crippen LogP contribution in [0.15, 0.2) is 34.8 Å². The molecule has 0 saturated heterocycles. The molecule has 6 heteroatoms. The number of nitriles is 1. The molecule has 0 spiro atoms. The molecule has 21 heavy (non-hydrogen) atoms. The third-order valence-electron chi connectivity index (χ3n) is 2.93. The summed E-state index contributed by atoms with van der Waals surface area (Å²) in [6.07, 6.45) is 0. The van der Waals surface area contributed by atoms with Gasteiger partial charge in [-0.2, -0.15) is 5.26 Å². The predicted molar refractivity (Wildman–Crippen MR) is 86.1 cm³/mol. The summed E-state index contributed by atoms with van der Waals surface area (Å²) in [4.78, 5) is 0. The Morgan fingerprint density at radius 2 is 1.76 bits per heavy atom. The smallest absolute Gasteiger partial charge is 0.162 e. The molecule has 0 heterocycles. The lowest BCUT2D eigenvalue weighted by molar-refractivity contribution is 0.355. The molecule has 0 aromatic heterocycles. The van der Waals surface area contributed by atoms with Crippen LogP contribution in [0.5, 0.6) is 11.5 Å². The van der Waals surface area contributed by atoms with E-state index in [9.17, 15) is 5.26 Å². The summed E-state index contributed by atoms with van der Waals surface area (Å²) in [6.45, 7) is 0. The Bertz CT molecular complexity index is 711. The highest BCUT2D eigenvalue weighted by Gasteiger charge is 2.11. The van der Waals surface area contributed by atoms with Crippen molar-refractivity contribution in [3.8, 4) is 17.6 Å². The Morgan fingerprint density at radius 3 is 2.38 bits per heavy atom. The van der Waals surface area contributed by atoms with Crippen LogP contribution in [0.25, 0.3) is 0 Å². The first kappa shape index (κ1) is 15.0. The van der Waals surface area contributed by atoms with Gasteiger partial charge in [0.05, 0.1) is 36.8 Å². The van der Waals surface area contributed by atoms with Gasteiger partial charge >= 0.3 is 0 Å². The molecule has 3 N–H and O–H groups in total. The van der Waals surface area contributed by atoms with E-state index in [0.29, 0.717) is 34.1 Å². The van der Waals surface area contributed by atoms with Gasteiger partial charge in [-0.05, 0) is 18.2 Å². The number of nitrogens with zero attached hydrogens (tertiary/aromatic N) is 1. The minimum atomic E-state index is 0.499. The molecule has 0 aliphatic heterocycles. The van der Waals surface area contributed by atoms with Gasteiger partial charge in [-0.3, -0.25) is 0 Å². The second kappa shape index (κ2) is 6.37. The van der Waals surface area contributed by atoms with E-state index in [0.717, 1.165) is 4.47 Å². The lowest BCUT2D eigenvalue weighted by atomic mass is 10.1. The summed E-state index contributed by atoms with van der Waals surface area (Å²) in [5.74, 6) is 1.11. The number of hydrogen-bond donors (Lipinski definition) is 2. The van der Waals surface area contributed by atoms with E-state index >= 15 is 0 Å². The van der Waals surface area contributed by atoms with Crippen molar-refractivity contribution in [2.75, 3.05) is 25.3 Å². The van der Waals surface area contributed by atoms with E-state index in [1.165, 1.54) is 0 Å². The summed E-state index contributed by atoms with van der Waals surface area (Å²) in [6, 6.07) is 10.9. The maximum Gasteiger partial charge on any atom is 0.162 e. The van der Waals surface area contributed by atoms with E-state index in [2.05, 4.69) is 27.3 Å². The van der Waals surface area contributed by atoms with Crippen LogP contribution in [-0.2, 0) is 0 Å². The van der Waals surface area contributed by atoms with Crippen LogP contribution < -0.4 is 20.5 Å². The van der Waals surface area contributed by atoms with Gasteiger partial charge in [-0.15, -0.1) is 0 Å². The lowest BCUT2D eigenvalue weighted by Gasteiger charge is -2.15. The van der Waals surface area contributed by atoms with Gasteiger partial charge in [0.25, 0.3) is 0 Å². The Kier molecular flexibility index (Phi) is 4.55. The minimum Gasteiger partial charge on any atom is -0.493 e. The fourth-order valence-corrected chi connectivity index (χ4v) is 2.23. The van der Waals surface area contributed by atoms with Crippen LogP contribution >= 0.6 is 15.9 Å². The Morgan fingerprint density at radius 1 is 1.10 bits per heavy atom. The van der Waals surface area contributed by atoms with Gasteiger partial charge in [-0.1, -0.05) is 15.9 Å². The Hall–Kier alpha value is -2.39. The molecule has 0 radical (unpaired) electrons. The number of benzene rings is 2. The maximum absolute atomic E-state index is 9.19. The monoisotopic (exact) mass is 347 g/mol. The molecular weight excluding hydrogens is 334 g/mol. The molecule has 0 aliphatic rings. The second-order valence-electron chi connectivity index (χ2n) is 4.22. The van der Waals surface area contributed by atoms with Crippen LogP contribution in [-0.4, -0.2) is 14.2 Å². The molecule has 5 nitrogen and oxygen atoms in total. The number of halogens is 1. The van der Waals surface area contributed by atoms with E-state index in [1.54, 1.807) is 38.5 Å². The average Bonchev–Trinajstić information content (AvgIpc) is 2.50. The zero-order chi connectivity index (χ0) is 15.4. The molecule has 0 unspecified atom stereocenters. The van der Waals surface area contributed by atoms with E-state index in [1.807, 2.05) is 6.07 Å². The third-order valence-corrected chi connectivity index (χ3v) is 3.42. The molecule has 0 bridgehead atoms. The van der Waals surface area contributed by atoms with Gasteiger partial charge in [-0.25, -0.2) is 0 Å². The molecular formula is C15H14BrN3O2. The summed E-state index contributed by atoms with van der Waals surface area (Å²) >= 11 is 3.34. The van der Waals surface area contributed by atoms with Crippen LogP contribution in [0.4, 0.5) is 17.1 Å². The fourth-order valence-electron chi connectivity index (χ4n) is 1.87. The number of nitrogens with one attached hydrogen (secondary N) is 1. The van der Waals surface area contributed by atoms with Crippen LogP contribution in [0.3, 0.4) is 0 Å². The quantitative estimate of drug-likeness (QED) is 0.824. The van der Waals surface area contributed by atoms with Crippen molar-refractivity contribution in [1.82, 2.24) is 0 Å². The first-order valence-corrected chi connectivity index (χ1v) is 6.86. The molecule has 2 aromatic rings. The number of nitrogens with two attached hydrogens (primary N) is 1. The van der Waals surface area contributed by atoms with Gasteiger partial charge in [0.15, 0.2) is 11.5 Å². The van der Waals surface area contributed by atoms with E-state index in [-0.39, 0.29) is 0 Å². The fraction of sp³-hybridized carbons (Fsp3) is 0.133. The van der Waals surface area contributed by atoms with Crippen molar-refractivity contribution in [2.24, 2.45) is 0 Å².